The SMILES string of the molecule is CC(C)(C)OC(=O)N1C(C(C)(C)C)COS1(=O)=O. The van der Waals surface area contributed by atoms with Crippen molar-refractivity contribution in [3.05, 3.63) is 0 Å². The predicted molar refractivity (Wildman–Crippen MR) is 66.2 cm³/mol. The fourth-order valence-electron chi connectivity index (χ4n) is 1.56. The Balaban J connectivity index is 3.04. The summed E-state index contributed by atoms with van der Waals surface area (Å²) in [7, 11) is -4.03. The molecule has 1 aliphatic heterocycles. The highest BCUT2D eigenvalue weighted by molar-refractivity contribution is 7.85. The van der Waals surface area contributed by atoms with Crippen molar-refractivity contribution < 1.29 is 22.1 Å². The van der Waals surface area contributed by atoms with E-state index in [4.69, 9.17) is 8.92 Å². The van der Waals surface area contributed by atoms with E-state index >= 15 is 0 Å². The Kier molecular flexibility index (Phi) is 3.71. The molecule has 0 spiro atoms. The molecular formula is C11H21NO5S. The molecule has 1 heterocycles. The average molecular weight is 279 g/mol. The van der Waals surface area contributed by atoms with E-state index in [9.17, 15) is 13.2 Å². The summed E-state index contributed by atoms with van der Waals surface area (Å²) < 4.78 is 34.0. The summed E-state index contributed by atoms with van der Waals surface area (Å²) in [6.07, 6.45) is -0.889. The molecule has 7 heteroatoms. The van der Waals surface area contributed by atoms with Gasteiger partial charge in [0.25, 0.3) is 0 Å². The van der Waals surface area contributed by atoms with Crippen LogP contribution >= 0.6 is 0 Å². The molecule has 1 aliphatic rings. The largest absolute Gasteiger partial charge is 0.443 e. The van der Waals surface area contributed by atoms with E-state index in [1.165, 1.54) is 0 Å². The minimum Gasteiger partial charge on any atom is -0.443 e. The highest BCUT2D eigenvalue weighted by atomic mass is 32.2. The summed E-state index contributed by atoms with van der Waals surface area (Å²) >= 11 is 0. The van der Waals surface area contributed by atoms with Gasteiger partial charge in [-0.2, -0.15) is 12.7 Å². The summed E-state index contributed by atoms with van der Waals surface area (Å²) in [6, 6.07) is -0.558. The monoisotopic (exact) mass is 279 g/mol. The predicted octanol–water partition coefficient (Wildman–Crippen LogP) is 1.91. The smallest absolute Gasteiger partial charge is 0.426 e. The standard InChI is InChI=1S/C11H21NO5S/c1-10(2,3)8-7-16-18(14,15)12(8)9(13)17-11(4,5)6/h8H,7H2,1-6H3. The van der Waals surface area contributed by atoms with Crippen LogP contribution in [-0.4, -0.2) is 37.1 Å². The molecule has 1 rings (SSSR count). The van der Waals surface area contributed by atoms with Crippen molar-refractivity contribution in [3.63, 3.8) is 0 Å². The first-order chi connectivity index (χ1) is 7.84. The van der Waals surface area contributed by atoms with Crippen LogP contribution in [0.3, 0.4) is 0 Å². The van der Waals surface area contributed by atoms with Gasteiger partial charge in [-0.15, -0.1) is 0 Å². The van der Waals surface area contributed by atoms with Gasteiger partial charge in [0, 0.05) is 0 Å². The summed E-state index contributed by atoms with van der Waals surface area (Å²) in [5, 5.41) is 0. The summed E-state index contributed by atoms with van der Waals surface area (Å²) in [5.41, 5.74) is -1.17. The molecule has 0 aromatic heterocycles. The summed E-state index contributed by atoms with van der Waals surface area (Å²) in [5.74, 6) is 0. The fourth-order valence-corrected chi connectivity index (χ4v) is 2.88. The molecule has 1 amide bonds. The Bertz CT molecular complexity index is 429. The number of carbonyl (C=O) groups is 1. The molecule has 6 nitrogen and oxygen atoms in total. The van der Waals surface area contributed by atoms with Crippen molar-refractivity contribution >= 4 is 16.4 Å². The van der Waals surface area contributed by atoms with Gasteiger partial charge >= 0.3 is 16.4 Å². The molecule has 0 N–H and O–H groups in total. The molecule has 1 unspecified atom stereocenters. The number of ether oxygens (including phenoxy) is 1. The second-order valence-corrected chi connectivity index (χ2v) is 7.88. The van der Waals surface area contributed by atoms with E-state index in [0.717, 1.165) is 0 Å². The van der Waals surface area contributed by atoms with Gasteiger partial charge in [0.05, 0.1) is 12.6 Å². The molecule has 0 radical (unpaired) electrons. The van der Waals surface area contributed by atoms with Crippen LogP contribution in [0.5, 0.6) is 0 Å². The molecule has 1 atom stereocenters. The van der Waals surface area contributed by atoms with Crippen molar-refractivity contribution in [2.24, 2.45) is 5.41 Å². The molecule has 0 saturated carbocycles. The van der Waals surface area contributed by atoms with Gasteiger partial charge < -0.3 is 4.74 Å². The van der Waals surface area contributed by atoms with E-state index in [1.54, 1.807) is 20.8 Å². The van der Waals surface area contributed by atoms with Crippen molar-refractivity contribution in [3.8, 4) is 0 Å². The first kappa shape index (κ1) is 15.2. The molecule has 0 aliphatic carbocycles. The lowest BCUT2D eigenvalue weighted by molar-refractivity contribution is 0.0279. The second-order valence-electron chi connectivity index (χ2n) is 6.40. The molecule has 1 fully saturated rings. The zero-order valence-electron chi connectivity index (χ0n) is 11.7. The van der Waals surface area contributed by atoms with Crippen molar-refractivity contribution in [1.82, 2.24) is 4.31 Å². The number of amides is 1. The zero-order chi connectivity index (χ0) is 14.4. The Morgan fingerprint density at radius 3 is 2.11 bits per heavy atom. The van der Waals surface area contributed by atoms with Crippen LogP contribution in [0.25, 0.3) is 0 Å². The van der Waals surface area contributed by atoms with Crippen molar-refractivity contribution in [2.45, 2.75) is 53.2 Å². The number of hydrogen-bond donors (Lipinski definition) is 0. The summed E-state index contributed by atoms with van der Waals surface area (Å²) in [4.78, 5) is 12.0. The third kappa shape index (κ3) is 3.35. The fraction of sp³-hybridized carbons (Fsp3) is 0.909. The van der Waals surface area contributed by atoms with Gasteiger partial charge in [-0.3, -0.25) is 4.18 Å². The highest BCUT2D eigenvalue weighted by Crippen LogP contribution is 2.33. The first-order valence-electron chi connectivity index (χ1n) is 5.76. The van der Waals surface area contributed by atoms with E-state index in [2.05, 4.69) is 0 Å². The number of rotatable bonds is 0. The molecule has 1 saturated heterocycles. The van der Waals surface area contributed by atoms with E-state index in [0.29, 0.717) is 4.31 Å². The molecule has 0 aromatic rings. The minimum absolute atomic E-state index is 0.0366. The number of nitrogens with zero attached hydrogens (tertiary/aromatic N) is 1. The third-order valence-corrected chi connectivity index (χ3v) is 3.79. The van der Waals surface area contributed by atoms with Gasteiger partial charge in [-0.1, -0.05) is 20.8 Å². The van der Waals surface area contributed by atoms with Gasteiger partial charge in [-0.05, 0) is 26.2 Å². The third-order valence-electron chi connectivity index (χ3n) is 2.47. The number of hydrogen-bond acceptors (Lipinski definition) is 5. The lowest BCUT2D eigenvalue weighted by Crippen LogP contribution is -2.48. The molecular weight excluding hydrogens is 258 g/mol. The normalized spacial score (nSPS) is 24.1. The quantitative estimate of drug-likeness (QED) is 0.677. The van der Waals surface area contributed by atoms with Crippen molar-refractivity contribution in [1.29, 1.82) is 0 Å². The van der Waals surface area contributed by atoms with E-state index < -0.39 is 33.5 Å². The number of carbonyl (C=O) groups excluding carboxylic acids is 1. The van der Waals surface area contributed by atoms with Crippen molar-refractivity contribution in [2.75, 3.05) is 6.61 Å². The van der Waals surface area contributed by atoms with Gasteiger partial charge in [0.1, 0.15) is 5.60 Å². The van der Waals surface area contributed by atoms with Gasteiger partial charge in [-0.25, -0.2) is 4.79 Å². The Morgan fingerprint density at radius 1 is 1.22 bits per heavy atom. The minimum atomic E-state index is -4.03. The van der Waals surface area contributed by atoms with Crippen LogP contribution in [0.2, 0.25) is 0 Å². The van der Waals surface area contributed by atoms with Crippen LogP contribution in [-0.2, 0) is 19.2 Å². The molecule has 106 valence electrons. The van der Waals surface area contributed by atoms with E-state index in [-0.39, 0.29) is 6.61 Å². The first-order valence-corrected chi connectivity index (χ1v) is 7.13. The average Bonchev–Trinajstić information content (AvgIpc) is 2.36. The molecule has 0 bridgehead atoms. The maximum Gasteiger partial charge on any atom is 0.426 e. The van der Waals surface area contributed by atoms with Gasteiger partial charge in [0.15, 0.2) is 0 Å². The topological polar surface area (TPSA) is 72.9 Å². The Labute approximate surface area is 109 Å². The molecule has 18 heavy (non-hydrogen) atoms. The maximum atomic E-state index is 12.0. The van der Waals surface area contributed by atoms with Crippen LogP contribution in [0, 0.1) is 5.41 Å². The van der Waals surface area contributed by atoms with E-state index in [1.807, 2.05) is 20.8 Å². The summed E-state index contributed by atoms with van der Waals surface area (Å²) in [6.45, 7) is 10.5. The lowest BCUT2D eigenvalue weighted by Gasteiger charge is -2.32. The molecule has 0 aromatic carbocycles. The maximum absolute atomic E-state index is 12.0. The van der Waals surface area contributed by atoms with Crippen LogP contribution < -0.4 is 0 Å². The second kappa shape index (κ2) is 4.38. The highest BCUT2D eigenvalue weighted by Gasteiger charge is 2.49. The van der Waals surface area contributed by atoms with Crippen LogP contribution in [0.15, 0.2) is 0 Å². The zero-order valence-corrected chi connectivity index (χ0v) is 12.5. The Hall–Kier alpha value is -0.820. The Morgan fingerprint density at radius 2 is 1.72 bits per heavy atom. The van der Waals surface area contributed by atoms with Crippen LogP contribution in [0.4, 0.5) is 4.79 Å². The lowest BCUT2D eigenvalue weighted by atomic mass is 9.87. The van der Waals surface area contributed by atoms with Crippen LogP contribution in [0.1, 0.15) is 41.5 Å². The van der Waals surface area contributed by atoms with Gasteiger partial charge in [0.2, 0.25) is 0 Å².